The molecular weight excluding hydrogens is 473 g/mol. The number of sulfonamides is 1. The number of β-amino-alcohol motifs (C(OH)–C–C–N with tert-alkyl or cyclic N) is 1. The lowest BCUT2D eigenvalue weighted by atomic mass is 9.98. The summed E-state index contributed by atoms with van der Waals surface area (Å²) in [6.07, 6.45) is 4.51. The zero-order valence-electron chi connectivity index (χ0n) is 20.1. The van der Waals surface area contributed by atoms with Gasteiger partial charge in [0.25, 0.3) is 10.0 Å². The predicted molar refractivity (Wildman–Crippen MR) is 128 cm³/mol. The Bertz CT molecular complexity index is 1240. The van der Waals surface area contributed by atoms with E-state index in [1.807, 2.05) is 18.7 Å². The maximum absolute atomic E-state index is 14.9. The number of rotatable bonds is 6. The van der Waals surface area contributed by atoms with Crippen molar-refractivity contribution in [3.63, 3.8) is 0 Å². The second kappa shape index (κ2) is 9.18. The van der Waals surface area contributed by atoms with Gasteiger partial charge in [0.2, 0.25) is 0 Å². The monoisotopic (exact) mass is 505 g/mol. The van der Waals surface area contributed by atoms with Crippen molar-refractivity contribution < 1.29 is 22.7 Å². The van der Waals surface area contributed by atoms with Crippen LogP contribution in [0.5, 0.6) is 0 Å². The van der Waals surface area contributed by atoms with Gasteiger partial charge in [-0.05, 0) is 81.0 Å². The number of aromatic nitrogens is 2. The zero-order chi connectivity index (χ0) is 24.9. The van der Waals surface area contributed by atoms with Crippen molar-refractivity contribution in [2.24, 2.45) is 0 Å². The topological polar surface area (TPSA) is 117 Å². The van der Waals surface area contributed by atoms with Crippen molar-refractivity contribution in [2.45, 2.75) is 82.5 Å². The van der Waals surface area contributed by atoms with Gasteiger partial charge in [-0.25, -0.2) is 13.9 Å². The van der Waals surface area contributed by atoms with Gasteiger partial charge in [0.1, 0.15) is 5.82 Å². The first kappa shape index (κ1) is 24.2. The third kappa shape index (κ3) is 4.56. The standard InChI is InChI=1S/C24H32FN5O4S/c1-14(2)30-15(12-29-10-9-16(31)13-29)11-21(27-30)35(33,34)28-24(32)26-23-19-7-3-5-17(19)22(25)18-6-4-8-20(18)23/h11,14,16,31H,3-10,12-13H2,1-2H3,(H2,26,28,32)/t16-/m0/s1. The van der Waals surface area contributed by atoms with E-state index in [1.165, 1.54) is 6.07 Å². The van der Waals surface area contributed by atoms with E-state index in [0.29, 0.717) is 67.7 Å². The van der Waals surface area contributed by atoms with Gasteiger partial charge in [0.15, 0.2) is 5.03 Å². The van der Waals surface area contributed by atoms with Crippen molar-refractivity contribution in [3.8, 4) is 0 Å². The van der Waals surface area contributed by atoms with Crippen molar-refractivity contribution >= 4 is 21.7 Å². The average Bonchev–Trinajstić information content (AvgIpc) is 3.57. The Kier molecular flexibility index (Phi) is 6.35. The molecule has 1 aliphatic heterocycles. The van der Waals surface area contributed by atoms with Crippen molar-refractivity contribution in [3.05, 3.63) is 39.8 Å². The Labute approximate surface area is 204 Å². The van der Waals surface area contributed by atoms with Crippen LogP contribution in [0.15, 0.2) is 11.1 Å². The van der Waals surface area contributed by atoms with Crippen LogP contribution in [0.1, 0.15) is 67.1 Å². The molecule has 0 radical (unpaired) electrons. The molecule has 3 aliphatic rings. The molecule has 190 valence electrons. The molecule has 2 aromatic rings. The maximum atomic E-state index is 14.9. The lowest BCUT2D eigenvalue weighted by Gasteiger charge is -2.17. The van der Waals surface area contributed by atoms with Crippen molar-refractivity contribution in [2.75, 3.05) is 18.4 Å². The number of hydrogen-bond acceptors (Lipinski definition) is 6. The van der Waals surface area contributed by atoms with E-state index in [2.05, 4.69) is 15.1 Å². The Morgan fingerprint density at radius 3 is 2.37 bits per heavy atom. The van der Waals surface area contributed by atoms with Crippen LogP contribution >= 0.6 is 0 Å². The molecule has 2 aliphatic carbocycles. The number of urea groups is 1. The van der Waals surface area contributed by atoms with Gasteiger partial charge in [-0.1, -0.05) is 0 Å². The quantitative estimate of drug-likeness (QED) is 0.556. The number of carbonyl (C=O) groups excluding carboxylic acids is 1. The summed E-state index contributed by atoms with van der Waals surface area (Å²) in [5.41, 5.74) is 4.14. The summed E-state index contributed by atoms with van der Waals surface area (Å²) in [6.45, 7) is 5.51. The first-order chi connectivity index (χ1) is 16.6. The number of hydrogen-bond donors (Lipinski definition) is 3. The highest BCUT2D eigenvalue weighted by molar-refractivity contribution is 7.90. The highest BCUT2D eigenvalue weighted by Gasteiger charge is 2.31. The smallest absolute Gasteiger partial charge is 0.333 e. The van der Waals surface area contributed by atoms with Gasteiger partial charge < -0.3 is 10.4 Å². The van der Waals surface area contributed by atoms with Crippen LogP contribution in [0.2, 0.25) is 0 Å². The summed E-state index contributed by atoms with van der Waals surface area (Å²) in [5.74, 6) is -0.152. The fourth-order valence-corrected chi connectivity index (χ4v) is 6.53. The molecule has 1 saturated heterocycles. The lowest BCUT2D eigenvalue weighted by Crippen LogP contribution is -2.35. The van der Waals surface area contributed by atoms with Crippen LogP contribution in [0.4, 0.5) is 14.9 Å². The summed E-state index contributed by atoms with van der Waals surface area (Å²) >= 11 is 0. The highest BCUT2D eigenvalue weighted by Crippen LogP contribution is 2.41. The van der Waals surface area contributed by atoms with Crippen molar-refractivity contribution in [1.82, 2.24) is 19.4 Å². The van der Waals surface area contributed by atoms with Gasteiger partial charge in [-0.3, -0.25) is 9.58 Å². The minimum absolute atomic E-state index is 0.0836. The van der Waals surface area contributed by atoms with Crippen molar-refractivity contribution in [1.29, 1.82) is 0 Å². The maximum Gasteiger partial charge on any atom is 0.333 e. The molecule has 1 aromatic carbocycles. The summed E-state index contributed by atoms with van der Waals surface area (Å²) in [4.78, 5) is 14.9. The minimum atomic E-state index is -4.23. The van der Waals surface area contributed by atoms with E-state index in [1.54, 1.807) is 4.68 Å². The normalized spacial score (nSPS) is 19.9. The van der Waals surface area contributed by atoms with Gasteiger partial charge in [0, 0.05) is 37.4 Å². The van der Waals surface area contributed by atoms with Crippen LogP contribution in [0.3, 0.4) is 0 Å². The lowest BCUT2D eigenvalue weighted by molar-refractivity contribution is 0.173. The summed E-state index contributed by atoms with van der Waals surface area (Å²) < 4.78 is 44.8. The fourth-order valence-electron chi connectivity index (χ4n) is 5.64. The van der Waals surface area contributed by atoms with Gasteiger partial charge >= 0.3 is 6.03 Å². The molecule has 11 heteroatoms. The third-order valence-electron chi connectivity index (χ3n) is 7.22. The number of amides is 2. The number of nitrogens with one attached hydrogen (secondary N) is 2. The molecule has 0 bridgehead atoms. The van der Waals surface area contributed by atoms with E-state index in [0.717, 1.165) is 30.5 Å². The molecule has 1 fully saturated rings. The van der Waals surface area contributed by atoms with Crippen LogP contribution in [0, 0.1) is 5.82 Å². The van der Waals surface area contributed by atoms with E-state index in [9.17, 15) is 22.7 Å². The summed E-state index contributed by atoms with van der Waals surface area (Å²) in [7, 11) is -4.23. The Morgan fingerprint density at radius 1 is 1.17 bits per heavy atom. The first-order valence-electron chi connectivity index (χ1n) is 12.3. The summed E-state index contributed by atoms with van der Waals surface area (Å²) in [6, 6.07) is 0.524. The number of fused-ring (bicyclic) bond motifs is 2. The molecule has 35 heavy (non-hydrogen) atoms. The number of carbonyl (C=O) groups is 1. The van der Waals surface area contributed by atoms with Gasteiger partial charge in [-0.2, -0.15) is 13.5 Å². The molecule has 0 unspecified atom stereocenters. The van der Waals surface area contributed by atoms with E-state index in [-0.39, 0.29) is 23.0 Å². The molecule has 9 nitrogen and oxygen atoms in total. The molecule has 0 spiro atoms. The number of aliphatic hydroxyl groups excluding tert-OH is 1. The largest absolute Gasteiger partial charge is 0.392 e. The van der Waals surface area contributed by atoms with E-state index in [4.69, 9.17) is 0 Å². The van der Waals surface area contributed by atoms with Crippen LogP contribution in [0.25, 0.3) is 0 Å². The number of anilines is 1. The molecule has 2 amide bonds. The number of nitrogens with zero attached hydrogens (tertiary/aromatic N) is 3. The molecule has 1 aromatic heterocycles. The zero-order valence-corrected chi connectivity index (χ0v) is 20.9. The van der Waals surface area contributed by atoms with E-state index >= 15 is 0 Å². The van der Waals surface area contributed by atoms with E-state index < -0.39 is 16.1 Å². The molecule has 1 atom stereocenters. The predicted octanol–water partition coefficient (Wildman–Crippen LogP) is 2.66. The molecular formula is C24H32FN5O4S. The SMILES string of the molecule is CC(C)n1nc(S(=O)(=O)NC(=O)Nc2c3c(c(F)c4c2CCC4)CCC3)cc1CN1CC[C@H](O)C1. The Hall–Kier alpha value is -2.50. The summed E-state index contributed by atoms with van der Waals surface area (Å²) in [5, 5.41) is 16.6. The molecule has 3 N–H and O–H groups in total. The Balaban J connectivity index is 1.37. The van der Waals surface area contributed by atoms with Crippen LogP contribution in [-0.4, -0.2) is 53.4 Å². The second-order valence-corrected chi connectivity index (χ2v) is 11.7. The third-order valence-corrected chi connectivity index (χ3v) is 8.43. The molecule has 2 heterocycles. The van der Waals surface area contributed by atoms with Gasteiger partial charge in [-0.15, -0.1) is 0 Å². The second-order valence-electron chi connectivity index (χ2n) is 10.1. The Morgan fingerprint density at radius 2 is 1.80 bits per heavy atom. The number of halogens is 1. The highest BCUT2D eigenvalue weighted by atomic mass is 32.2. The minimum Gasteiger partial charge on any atom is -0.392 e. The average molecular weight is 506 g/mol. The number of aliphatic hydroxyl groups is 1. The number of likely N-dealkylation sites (tertiary alicyclic amines) is 1. The van der Waals surface area contributed by atoms with Crippen LogP contribution in [-0.2, 0) is 42.3 Å². The van der Waals surface area contributed by atoms with Gasteiger partial charge in [0.05, 0.1) is 11.8 Å². The molecule has 5 rings (SSSR count). The first-order valence-corrected chi connectivity index (χ1v) is 13.8. The molecule has 0 saturated carbocycles. The number of benzene rings is 1. The fraction of sp³-hybridized carbons (Fsp3) is 0.583. The van der Waals surface area contributed by atoms with Crippen LogP contribution < -0.4 is 10.0 Å².